The van der Waals surface area contributed by atoms with Gasteiger partial charge in [0.25, 0.3) is 5.91 Å². The summed E-state index contributed by atoms with van der Waals surface area (Å²) in [5.74, 6) is -1.40. The van der Waals surface area contributed by atoms with Crippen LogP contribution in [0.15, 0.2) is 54.6 Å². The largest absolute Gasteiger partial charge is 0.452 e. The van der Waals surface area contributed by atoms with E-state index in [1.54, 1.807) is 22.9 Å². The molecule has 0 atom stereocenters. The molecule has 1 aliphatic heterocycles. The molecule has 0 saturated carbocycles. The molecule has 1 aromatic heterocycles. The average Bonchev–Trinajstić information content (AvgIpc) is 3.16. The molecule has 4 rings (SSSR count). The SMILES string of the molecule is Cc1nn(-c2ccc(F)cc2)c(C)c1/C=C/C(=O)OCC(=O)Nc1ccc(N2CCOCC2)cc1. The highest BCUT2D eigenvalue weighted by molar-refractivity contribution is 5.94. The summed E-state index contributed by atoms with van der Waals surface area (Å²) < 4.78 is 25.3. The fourth-order valence-electron chi connectivity index (χ4n) is 3.84. The van der Waals surface area contributed by atoms with E-state index in [1.807, 2.05) is 38.1 Å². The van der Waals surface area contributed by atoms with Gasteiger partial charge in [-0.25, -0.2) is 13.9 Å². The third-order valence-electron chi connectivity index (χ3n) is 5.68. The lowest BCUT2D eigenvalue weighted by atomic mass is 10.2. The summed E-state index contributed by atoms with van der Waals surface area (Å²) in [7, 11) is 0. The third kappa shape index (κ3) is 6.13. The first-order valence-electron chi connectivity index (χ1n) is 11.3. The molecule has 0 unspecified atom stereocenters. The number of esters is 1. The van der Waals surface area contributed by atoms with Crippen molar-refractivity contribution in [3.63, 3.8) is 0 Å². The van der Waals surface area contributed by atoms with Crippen LogP contribution in [-0.4, -0.2) is 54.6 Å². The Bertz CT molecular complexity index is 1210. The number of ether oxygens (including phenoxy) is 2. The molecular formula is C26H27FN4O4. The van der Waals surface area contributed by atoms with Crippen molar-refractivity contribution < 1.29 is 23.5 Å². The standard InChI is InChI=1S/C26H27FN4O4/c1-18-24(19(2)31(29-18)23-7-3-20(27)4-8-23)11-12-26(33)35-17-25(32)28-21-5-9-22(10-6-21)30-13-15-34-16-14-30/h3-12H,13-17H2,1-2H3,(H,28,32)/b12-11+. The Kier molecular flexibility index (Phi) is 7.57. The van der Waals surface area contributed by atoms with Gasteiger partial charge in [0.15, 0.2) is 6.61 Å². The van der Waals surface area contributed by atoms with Crippen LogP contribution < -0.4 is 10.2 Å². The van der Waals surface area contributed by atoms with Crippen molar-refractivity contribution in [2.75, 3.05) is 43.1 Å². The number of halogens is 1. The molecule has 1 saturated heterocycles. The van der Waals surface area contributed by atoms with Gasteiger partial charge in [0.2, 0.25) is 0 Å². The Morgan fingerprint density at radius 2 is 1.71 bits per heavy atom. The van der Waals surface area contributed by atoms with Gasteiger partial charge in [-0.3, -0.25) is 4.79 Å². The van der Waals surface area contributed by atoms with Gasteiger partial charge in [-0.2, -0.15) is 5.10 Å². The highest BCUT2D eigenvalue weighted by atomic mass is 19.1. The summed E-state index contributed by atoms with van der Waals surface area (Å²) in [5, 5.41) is 7.18. The smallest absolute Gasteiger partial charge is 0.331 e. The number of amides is 1. The monoisotopic (exact) mass is 478 g/mol. The molecule has 0 radical (unpaired) electrons. The number of carbonyl (C=O) groups is 2. The number of nitrogens with zero attached hydrogens (tertiary/aromatic N) is 3. The quantitative estimate of drug-likeness (QED) is 0.412. The van der Waals surface area contributed by atoms with Crippen molar-refractivity contribution in [3.8, 4) is 5.69 Å². The lowest BCUT2D eigenvalue weighted by Gasteiger charge is -2.28. The Labute approximate surface area is 202 Å². The minimum absolute atomic E-state index is 0.327. The van der Waals surface area contributed by atoms with E-state index in [9.17, 15) is 14.0 Å². The molecule has 0 spiro atoms. The predicted molar refractivity (Wildman–Crippen MR) is 131 cm³/mol. The summed E-state index contributed by atoms with van der Waals surface area (Å²) in [6.45, 7) is 6.34. The summed E-state index contributed by atoms with van der Waals surface area (Å²) in [4.78, 5) is 26.6. The molecule has 3 aromatic rings. The number of rotatable bonds is 7. The van der Waals surface area contributed by atoms with Gasteiger partial charge < -0.3 is 19.7 Å². The Morgan fingerprint density at radius 3 is 2.40 bits per heavy atom. The van der Waals surface area contributed by atoms with Gasteiger partial charge in [-0.05, 0) is 68.5 Å². The molecule has 182 valence electrons. The molecule has 2 heterocycles. The van der Waals surface area contributed by atoms with Crippen LogP contribution in [0.1, 0.15) is 17.0 Å². The normalized spacial score (nSPS) is 13.7. The van der Waals surface area contributed by atoms with Gasteiger partial charge in [0.05, 0.1) is 24.6 Å². The van der Waals surface area contributed by atoms with E-state index < -0.39 is 18.5 Å². The van der Waals surface area contributed by atoms with E-state index in [-0.39, 0.29) is 5.82 Å². The molecule has 1 fully saturated rings. The molecule has 1 aliphatic rings. The maximum atomic E-state index is 13.2. The second-order valence-corrected chi connectivity index (χ2v) is 8.11. The lowest BCUT2D eigenvalue weighted by molar-refractivity contribution is -0.142. The molecule has 0 aliphatic carbocycles. The predicted octanol–water partition coefficient (Wildman–Crippen LogP) is 3.66. The minimum atomic E-state index is -0.642. The average molecular weight is 479 g/mol. The van der Waals surface area contributed by atoms with E-state index in [2.05, 4.69) is 15.3 Å². The van der Waals surface area contributed by atoms with E-state index in [4.69, 9.17) is 9.47 Å². The first-order valence-corrected chi connectivity index (χ1v) is 11.3. The number of aromatic nitrogens is 2. The van der Waals surface area contributed by atoms with Crippen LogP contribution >= 0.6 is 0 Å². The van der Waals surface area contributed by atoms with Crippen molar-refractivity contribution in [2.45, 2.75) is 13.8 Å². The second-order valence-electron chi connectivity index (χ2n) is 8.11. The molecule has 35 heavy (non-hydrogen) atoms. The van der Waals surface area contributed by atoms with Crippen LogP contribution in [0.5, 0.6) is 0 Å². The zero-order valence-electron chi connectivity index (χ0n) is 19.7. The van der Waals surface area contributed by atoms with Crippen LogP contribution in [0.4, 0.5) is 15.8 Å². The number of anilines is 2. The Balaban J connectivity index is 1.29. The van der Waals surface area contributed by atoms with Crippen LogP contribution in [0, 0.1) is 19.7 Å². The molecule has 9 heteroatoms. The fraction of sp³-hybridized carbons (Fsp3) is 0.269. The number of carbonyl (C=O) groups excluding carboxylic acids is 2. The van der Waals surface area contributed by atoms with Crippen molar-refractivity contribution in [1.29, 1.82) is 0 Å². The highest BCUT2D eigenvalue weighted by Gasteiger charge is 2.13. The van der Waals surface area contributed by atoms with E-state index >= 15 is 0 Å². The van der Waals surface area contributed by atoms with Crippen LogP contribution in [-0.2, 0) is 19.1 Å². The van der Waals surface area contributed by atoms with Gasteiger partial charge in [0, 0.05) is 41.8 Å². The summed E-state index contributed by atoms with van der Waals surface area (Å²) >= 11 is 0. The van der Waals surface area contributed by atoms with E-state index in [0.29, 0.717) is 30.3 Å². The number of nitrogens with one attached hydrogen (secondary N) is 1. The Morgan fingerprint density at radius 1 is 1.06 bits per heavy atom. The van der Waals surface area contributed by atoms with Crippen LogP contribution in [0.2, 0.25) is 0 Å². The number of aryl methyl sites for hydroxylation is 1. The summed E-state index contributed by atoms with van der Waals surface area (Å²) in [6, 6.07) is 13.5. The zero-order valence-corrected chi connectivity index (χ0v) is 19.7. The first kappa shape index (κ1) is 24.2. The van der Waals surface area contributed by atoms with Crippen LogP contribution in [0.3, 0.4) is 0 Å². The zero-order chi connectivity index (χ0) is 24.8. The van der Waals surface area contributed by atoms with Gasteiger partial charge in [-0.1, -0.05) is 0 Å². The first-order chi connectivity index (χ1) is 16.9. The maximum absolute atomic E-state index is 13.2. The number of morpholine rings is 1. The minimum Gasteiger partial charge on any atom is -0.452 e. The van der Waals surface area contributed by atoms with Gasteiger partial charge in [0.1, 0.15) is 5.82 Å². The molecule has 0 bridgehead atoms. The molecular weight excluding hydrogens is 451 g/mol. The second kappa shape index (κ2) is 11.0. The topological polar surface area (TPSA) is 85.7 Å². The molecule has 2 aromatic carbocycles. The fourth-order valence-corrected chi connectivity index (χ4v) is 3.84. The number of hydrogen-bond acceptors (Lipinski definition) is 6. The van der Waals surface area contributed by atoms with Gasteiger partial charge >= 0.3 is 5.97 Å². The molecule has 8 nitrogen and oxygen atoms in total. The van der Waals surface area contributed by atoms with Gasteiger partial charge in [-0.15, -0.1) is 0 Å². The summed E-state index contributed by atoms with van der Waals surface area (Å²) in [5.41, 5.74) is 4.64. The molecule has 1 N–H and O–H groups in total. The van der Waals surface area contributed by atoms with Crippen molar-refractivity contribution >= 4 is 29.3 Å². The van der Waals surface area contributed by atoms with Crippen molar-refractivity contribution in [3.05, 3.63) is 77.4 Å². The third-order valence-corrected chi connectivity index (χ3v) is 5.68. The van der Waals surface area contributed by atoms with Crippen LogP contribution in [0.25, 0.3) is 11.8 Å². The van der Waals surface area contributed by atoms with E-state index in [1.165, 1.54) is 18.2 Å². The Hall–Kier alpha value is -3.98. The number of hydrogen-bond donors (Lipinski definition) is 1. The number of benzene rings is 2. The van der Waals surface area contributed by atoms with Crippen molar-refractivity contribution in [2.24, 2.45) is 0 Å². The lowest BCUT2D eigenvalue weighted by Crippen LogP contribution is -2.36. The highest BCUT2D eigenvalue weighted by Crippen LogP contribution is 2.20. The van der Waals surface area contributed by atoms with E-state index in [0.717, 1.165) is 30.0 Å². The summed E-state index contributed by atoms with van der Waals surface area (Å²) in [6.07, 6.45) is 2.86. The maximum Gasteiger partial charge on any atom is 0.331 e. The van der Waals surface area contributed by atoms with Crippen molar-refractivity contribution in [1.82, 2.24) is 9.78 Å². The molecule has 1 amide bonds.